The van der Waals surface area contributed by atoms with Crippen LogP contribution in [0.3, 0.4) is 0 Å². The van der Waals surface area contributed by atoms with Crippen molar-refractivity contribution in [3.8, 4) is 17.4 Å². The lowest BCUT2D eigenvalue weighted by Gasteiger charge is -2.25. The lowest BCUT2D eigenvalue weighted by molar-refractivity contribution is 0.00154. The van der Waals surface area contributed by atoms with Gasteiger partial charge in [-0.25, -0.2) is 18.4 Å². The molecule has 0 amide bonds. The first-order valence-electron chi connectivity index (χ1n) is 11.8. The van der Waals surface area contributed by atoms with Crippen LogP contribution in [0.5, 0.6) is 11.8 Å². The van der Waals surface area contributed by atoms with Gasteiger partial charge >= 0.3 is 0 Å². The molecule has 206 valence electrons. The predicted octanol–water partition coefficient (Wildman–Crippen LogP) is 2.32. The maximum absolute atomic E-state index is 13.7. The summed E-state index contributed by atoms with van der Waals surface area (Å²) in [7, 11) is -1.30. The lowest BCUT2D eigenvalue weighted by Crippen LogP contribution is -2.35. The monoisotopic (exact) mass is 568 g/mol. The van der Waals surface area contributed by atoms with Gasteiger partial charge in [-0.2, -0.15) is 9.97 Å². The summed E-state index contributed by atoms with van der Waals surface area (Å²) in [5.41, 5.74) is 0.241. The van der Waals surface area contributed by atoms with Crippen molar-refractivity contribution in [2.24, 2.45) is 0 Å². The Morgan fingerprint density at radius 1 is 1.08 bits per heavy atom. The number of nitrogens with one attached hydrogen (secondary N) is 1. The highest BCUT2D eigenvalue weighted by Gasteiger charge is 2.37. The van der Waals surface area contributed by atoms with Crippen LogP contribution in [0.1, 0.15) is 50.9 Å². The van der Waals surface area contributed by atoms with E-state index in [1.165, 1.54) is 44.4 Å². The Kier molecular flexibility index (Phi) is 8.60. The second-order valence-corrected chi connectivity index (χ2v) is 11.2. The van der Waals surface area contributed by atoms with Crippen molar-refractivity contribution in [3.05, 3.63) is 35.4 Å². The van der Waals surface area contributed by atoms with Gasteiger partial charge in [0.05, 0.1) is 32.0 Å². The summed E-state index contributed by atoms with van der Waals surface area (Å²) in [6.45, 7) is 5.99. The Morgan fingerprint density at radius 2 is 1.74 bits per heavy atom. The predicted molar refractivity (Wildman–Crippen MR) is 136 cm³/mol. The number of hydrogen-bond acceptors (Lipinski definition) is 12. The molecule has 0 aliphatic carbocycles. The van der Waals surface area contributed by atoms with Crippen molar-refractivity contribution in [3.63, 3.8) is 0 Å². The van der Waals surface area contributed by atoms with E-state index in [0.717, 1.165) is 0 Å². The molecule has 1 aliphatic rings. The van der Waals surface area contributed by atoms with E-state index in [-0.39, 0.29) is 41.2 Å². The van der Waals surface area contributed by atoms with Gasteiger partial charge in [0.25, 0.3) is 0 Å². The van der Waals surface area contributed by atoms with Gasteiger partial charge in [0.15, 0.2) is 11.5 Å². The number of aromatic nitrogens is 7. The molecule has 3 aromatic rings. The zero-order valence-corrected chi connectivity index (χ0v) is 23.1. The molecule has 0 spiro atoms. The lowest BCUT2D eigenvalue weighted by atomic mass is 10.1. The number of rotatable bonds is 11. The molecule has 3 aromatic heterocycles. The highest BCUT2D eigenvalue weighted by molar-refractivity contribution is 7.93. The minimum Gasteiger partial charge on any atom is -0.479 e. The second-order valence-electron chi connectivity index (χ2n) is 8.74. The molecule has 4 rings (SSSR count). The number of anilines is 1. The van der Waals surface area contributed by atoms with Gasteiger partial charge in [-0.3, -0.25) is 9.29 Å². The molecule has 16 heteroatoms. The van der Waals surface area contributed by atoms with Gasteiger partial charge in [0.2, 0.25) is 27.7 Å². The first kappa shape index (κ1) is 27.9. The van der Waals surface area contributed by atoms with Crippen molar-refractivity contribution >= 4 is 27.6 Å². The number of nitrogens with zero attached hydrogens (tertiary/aromatic N) is 7. The molecule has 0 unspecified atom stereocenters. The fourth-order valence-electron chi connectivity index (χ4n) is 3.95. The fourth-order valence-corrected chi connectivity index (χ4v) is 5.13. The molecule has 1 fully saturated rings. The maximum atomic E-state index is 13.7. The van der Waals surface area contributed by atoms with Crippen LogP contribution in [0.15, 0.2) is 18.7 Å². The van der Waals surface area contributed by atoms with E-state index in [1.807, 2.05) is 0 Å². The molecule has 0 aromatic carbocycles. The SMILES string of the molecule is COc1ncnc(OC)c1-n1c(NS(=O)(=O)[C@@H](C)[C@@H](OC(C)C)c2ncc(Cl)cn2)nnc1[C@H]1CCOC1. The number of sulfonamides is 1. The molecule has 38 heavy (non-hydrogen) atoms. The normalized spacial score (nSPS) is 17.4. The number of halogens is 1. The van der Waals surface area contributed by atoms with Crippen LogP contribution >= 0.6 is 11.6 Å². The molecular weight excluding hydrogens is 540 g/mol. The Balaban J connectivity index is 1.78. The minimum atomic E-state index is -4.16. The van der Waals surface area contributed by atoms with Crippen LogP contribution in [0, 0.1) is 0 Å². The summed E-state index contributed by atoms with van der Waals surface area (Å²) in [5.74, 6) is 0.626. The zero-order valence-electron chi connectivity index (χ0n) is 21.5. The molecule has 0 radical (unpaired) electrons. The third-order valence-corrected chi connectivity index (χ3v) is 7.70. The molecular formula is C22H29ClN8O6S. The van der Waals surface area contributed by atoms with Gasteiger partial charge in [0.1, 0.15) is 23.5 Å². The summed E-state index contributed by atoms with van der Waals surface area (Å²) in [6.07, 6.45) is 3.38. The standard InChI is InChI=1S/C22H29ClN8O6S/c1-12(2)37-17(18-24-8-15(23)9-25-18)13(3)38(32,33)30-22-29-28-19(14-6-7-36-10-14)31(22)16-20(34-4)26-11-27-21(16)35-5/h8-9,11-14,17H,6-7,10H2,1-5H3,(H,29,30)/t13-,14-,17+/m0/s1. The quantitative estimate of drug-likeness (QED) is 0.359. The van der Waals surface area contributed by atoms with Crippen LogP contribution in [-0.2, 0) is 19.5 Å². The van der Waals surface area contributed by atoms with E-state index in [4.69, 9.17) is 30.5 Å². The summed E-state index contributed by atoms with van der Waals surface area (Å²) < 4.78 is 53.8. The molecule has 4 heterocycles. The van der Waals surface area contributed by atoms with Crippen molar-refractivity contribution < 1.29 is 27.4 Å². The third kappa shape index (κ3) is 5.80. The van der Waals surface area contributed by atoms with Gasteiger partial charge < -0.3 is 18.9 Å². The van der Waals surface area contributed by atoms with Crippen LogP contribution in [0.25, 0.3) is 5.69 Å². The molecule has 0 saturated carbocycles. The third-order valence-electron chi connectivity index (χ3n) is 5.81. The largest absolute Gasteiger partial charge is 0.479 e. The highest BCUT2D eigenvalue weighted by atomic mass is 35.5. The van der Waals surface area contributed by atoms with Crippen molar-refractivity contribution in [1.29, 1.82) is 0 Å². The summed E-state index contributed by atoms with van der Waals surface area (Å²) in [5, 5.41) is 7.64. The minimum absolute atomic E-state index is 0.106. The fraction of sp³-hybridized carbons (Fsp3) is 0.545. The summed E-state index contributed by atoms with van der Waals surface area (Å²) in [6, 6.07) is 0. The van der Waals surface area contributed by atoms with Gasteiger partial charge in [-0.05, 0) is 27.2 Å². The van der Waals surface area contributed by atoms with Gasteiger partial charge in [-0.15, -0.1) is 10.2 Å². The van der Waals surface area contributed by atoms with Crippen molar-refractivity contribution in [2.45, 2.75) is 50.6 Å². The van der Waals surface area contributed by atoms with Crippen LogP contribution in [0.4, 0.5) is 5.95 Å². The average molecular weight is 569 g/mol. The number of ether oxygens (including phenoxy) is 4. The zero-order chi connectivity index (χ0) is 27.4. The van der Waals surface area contributed by atoms with Crippen molar-refractivity contribution in [1.82, 2.24) is 34.7 Å². The van der Waals surface area contributed by atoms with Crippen LogP contribution in [0.2, 0.25) is 5.02 Å². The molecule has 3 atom stereocenters. The van der Waals surface area contributed by atoms with E-state index in [2.05, 4.69) is 34.9 Å². The molecule has 14 nitrogen and oxygen atoms in total. The maximum Gasteiger partial charge on any atom is 0.245 e. The Bertz CT molecular complexity index is 1330. The molecule has 1 aliphatic heterocycles. The van der Waals surface area contributed by atoms with E-state index in [1.54, 1.807) is 13.8 Å². The molecule has 1 N–H and O–H groups in total. The van der Waals surface area contributed by atoms with E-state index in [0.29, 0.717) is 30.5 Å². The number of methoxy groups -OCH3 is 2. The highest BCUT2D eigenvalue weighted by Crippen LogP contribution is 2.36. The topological polar surface area (TPSA) is 165 Å². The Labute approximate surface area is 225 Å². The van der Waals surface area contributed by atoms with Gasteiger partial charge in [0, 0.05) is 24.9 Å². The number of hydrogen-bond donors (Lipinski definition) is 1. The van der Waals surface area contributed by atoms with Gasteiger partial charge in [-0.1, -0.05) is 11.6 Å². The van der Waals surface area contributed by atoms with Crippen LogP contribution < -0.4 is 14.2 Å². The first-order valence-corrected chi connectivity index (χ1v) is 13.7. The Hall–Kier alpha value is -3.14. The summed E-state index contributed by atoms with van der Waals surface area (Å²) in [4.78, 5) is 16.7. The second kappa shape index (κ2) is 11.7. The van der Waals surface area contributed by atoms with Crippen LogP contribution in [-0.4, -0.2) is 81.9 Å². The Morgan fingerprint density at radius 3 is 2.29 bits per heavy atom. The molecule has 0 bridgehead atoms. The van der Waals surface area contributed by atoms with E-state index < -0.39 is 21.4 Å². The van der Waals surface area contributed by atoms with E-state index >= 15 is 0 Å². The summed E-state index contributed by atoms with van der Waals surface area (Å²) >= 11 is 5.93. The first-order chi connectivity index (χ1) is 18.2. The van der Waals surface area contributed by atoms with Crippen molar-refractivity contribution in [2.75, 3.05) is 32.2 Å². The molecule has 1 saturated heterocycles. The van der Waals surface area contributed by atoms with E-state index in [9.17, 15) is 8.42 Å². The smallest absolute Gasteiger partial charge is 0.245 e. The average Bonchev–Trinajstić information content (AvgIpc) is 3.56.